The summed E-state index contributed by atoms with van der Waals surface area (Å²) in [6, 6.07) is 20.2. The molecule has 1 atom stereocenters. The van der Waals surface area contributed by atoms with Gasteiger partial charge < -0.3 is 14.4 Å². The molecule has 6 nitrogen and oxygen atoms in total. The lowest BCUT2D eigenvalue weighted by Gasteiger charge is -2.40. The number of amides is 1. The van der Waals surface area contributed by atoms with Crippen molar-refractivity contribution >= 4 is 5.91 Å². The molecule has 190 valence electrons. The van der Waals surface area contributed by atoms with Gasteiger partial charge in [0.1, 0.15) is 17.2 Å². The molecule has 1 aliphatic rings. The molecule has 36 heavy (non-hydrogen) atoms. The lowest BCUT2D eigenvalue weighted by molar-refractivity contribution is 0.0579. The summed E-state index contributed by atoms with van der Waals surface area (Å²) >= 11 is 0. The number of rotatable bonds is 9. The average Bonchev–Trinajstić information content (AvgIpc) is 2.92. The van der Waals surface area contributed by atoms with E-state index in [1.807, 2.05) is 36.2 Å². The Labute approximate surface area is 214 Å². The number of aryl methyl sites for hydroxylation is 1. The van der Waals surface area contributed by atoms with Crippen LogP contribution in [0.3, 0.4) is 0 Å². The van der Waals surface area contributed by atoms with Crippen molar-refractivity contribution in [2.75, 3.05) is 34.4 Å². The molecule has 0 saturated carbocycles. The van der Waals surface area contributed by atoms with Gasteiger partial charge >= 0.3 is 0 Å². The maximum atomic E-state index is 13.3. The topological polar surface area (TPSA) is 54.9 Å². The number of nitrogens with zero attached hydrogens (tertiary/aromatic N) is 3. The smallest absolute Gasteiger partial charge is 0.272 e. The molecule has 6 heteroatoms. The van der Waals surface area contributed by atoms with E-state index in [1.165, 1.54) is 11.1 Å². The fourth-order valence-electron chi connectivity index (χ4n) is 5.27. The largest absolute Gasteiger partial charge is 0.497 e. The van der Waals surface area contributed by atoms with Crippen molar-refractivity contribution < 1.29 is 14.3 Å². The number of likely N-dealkylation sites (N-methyl/N-ethyl adjacent to an activating group) is 1. The minimum absolute atomic E-state index is 0.0281. The van der Waals surface area contributed by atoms with Gasteiger partial charge in [0, 0.05) is 25.8 Å². The maximum Gasteiger partial charge on any atom is 0.272 e. The first-order valence-electron chi connectivity index (χ1n) is 12.7. The molecule has 0 aliphatic carbocycles. The highest BCUT2D eigenvalue weighted by Gasteiger charge is 2.32. The quantitative estimate of drug-likeness (QED) is 0.425. The third-order valence-corrected chi connectivity index (χ3v) is 7.32. The number of piperidine rings is 1. The Hall–Kier alpha value is -3.38. The van der Waals surface area contributed by atoms with Crippen LogP contribution in [0.25, 0.3) is 0 Å². The number of carbonyl (C=O) groups excluding carboxylic acids is 1. The number of methoxy groups -OCH3 is 2. The molecule has 3 aromatic rings. The molecular weight excluding hydrogens is 450 g/mol. The maximum absolute atomic E-state index is 13.3. The van der Waals surface area contributed by atoms with Gasteiger partial charge in [-0.15, -0.1) is 0 Å². The van der Waals surface area contributed by atoms with Crippen molar-refractivity contribution in [2.24, 2.45) is 5.92 Å². The molecule has 0 bridgehead atoms. The van der Waals surface area contributed by atoms with Crippen molar-refractivity contribution in [1.82, 2.24) is 14.8 Å². The average molecular weight is 488 g/mol. The molecule has 0 N–H and O–H groups in total. The molecule has 1 amide bonds. The van der Waals surface area contributed by atoms with Gasteiger partial charge in [0.05, 0.1) is 14.2 Å². The number of carbonyl (C=O) groups is 1. The third kappa shape index (κ3) is 6.24. The number of ether oxygens (including phenoxy) is 2. The van der Waals surface area contributed by atoms with Crippen molar-refractivity contribution in [3.05, 3.63) is 89.2 Å². The summed E-state index contributed by atoms with van der Waals surface area (Å²) in [4.78, 5) is 22.1. The molecule has 1 aliphatic heterocycles. The molecule has 0 spiro atoms. The molecule has 1 fully saturated rings. The summed E-state index contributed by atoms with van der Waals surface area (Å²) < 4.78 is 10.9. The molecule has 1 aromatic heterocycles. The Balaban J connectivity index is 1.47. The summed E-state index contributed by atoms with van der Waals surface area (Å²) in [5.41, 5.74) is 4.14. The Morgan fingerprint density at radius 3 is 2.50 bits per heavy atom. The van der Waals surface area contributed by atoms with Crippen LogP contribution in [0, 0.1) is 12.8 Å². The van der Waals surface area contributed by atoms with Gasteiger partial charge in [0.15, 0.2) is 0 Å². The Morgan fingerprint density at radius 2 is 1.83 bits per heavy atom. The molecule has 0 unspecified atom stereocenters. The van der Waals surface area contributed by atoms with Crippen LogP contribution in [0.1, 0.15) is 40.0 Å². The summed E-state index contributed by atoms with van der Waals surface area (Å²) in [5.74, 6) is 2.15. The number of aromatic nitrogens is 1. The fraction of sp³-hybridized carbons (Fsp3) is 0.400. The number of benzene rings is 2. The molecule has 2 heterocycles. The van der Waals surface area contributed by atoms with E-state index in [0.717, 1.165) is 56.0 Å². The molecular formula is C30H37N3O3. The van der Waals surface area contributed by atoms with E-state index in [-0.39, 0.29) is 11.9 Å². The van der Waals surface area contributed by atoms with E-state index in [1.54, 1.807) is 26.5 Å². The second-order valence-corrected chi connectivity index (χ2v) is 9.67. The predicted molar refractivity (Wildman–Crippen MR) is 143 cm³/mol. The first kappa shape index (κ1) is 25.7. The summed E-state index contributed by atoms with van der Waals surface area (Å²) in [7, 11) is 5.33. The van der Waals surface area contributed by atoms with Crippen LogP contribution in [0.4, 0.5) is 0 Å². The SMILES string of the molecule is COc1cccc(C[C@@H](C2CCN(Cc3ccc(OC)c(C)c3)CC2)N(C)C(=O)c2ccccn2)c1. The molecule has 4 rings (SSSR count). The van der Waals surface area contributed by atoms with Crippen molar-refractivity contribution in [1.29, 1.82) is 0 Å². The molecule has 2 aromatic carbocycles. The standard InChI is InChI=1S/C30H37N3O3/c1-22-18-24(11-12-29(22)36-4)21-33-16-13-25(14-17-33)28(20-23-8-7-9-26(19-23)35-3)32(2)30(34)27-10-5-6-15-31-27/h5-12,15,18-19,25,28H,13-14,16-17,20-21H2,1-4H3/t28-/m0/s1. The molecule has 0 radical (unpaired) electrons. The van der Waals surface area contributed by atoms with E-state index in [2.05, 4.69) is 47.1 Å². The van der Waals surface area contributed by atoms with Crippen LogP contribution < -0.4 is 9.47 Å². The first-order chi connectivity index (χ1) is 17.5. The second-order valence-electron chi connectivity index (χ2n) is 9.67. The van der Waals surface area contributed by atoms with Crippen LogP contribution >= 0.6 is 0 Å². The van der Waals surface area contributed by atoms with E-state index < -0.39 is 0 Å². The Kier molecular flexibility index (Phi) is 8.60. The van der Waals surface area contributed by atoms with Crippen LogP contribution in [0.2, 0.25) is 0 Å². The van der Waals surface area contributed by atoms with Gasteiger partial charge in [-0.1, -0.05) is 30.3 Å². The highest BCUT2D eigenvalue weighted by Crippen LogP contribution is 2.29. The number of pyridine rings is 1. The van der Waals surface area contributed by atoms with E-state index in [4.69, 9.17) is 9.47 Å². The van der Waals surface area contributed by atoms with Gasteiger partial charge in [-0.05, 0) is 92.2 Å². The fourth-order valence-corrected chi connectivity index (χ4v) is 5.27. The third-order valence-electron chi connectivity index (χ3n) is 7.32. The van der Waals surface area contributed by atoms with Crippen LogP contribution in [0.5, 0.6) is 11.5 Å². The van der Waals surface area contributed by atoms with E-state index in [9.17, 15) is 4.79 Å². The normalized spacial score (nSPS) is 15.3. The number of hydrogen-bond acceptors (Lipinski definition) is 5. The monoisotopic (exact) mass is 487 g/mol. The summed E-state index contributed by atoms with van der Waals surface area (Å²) in [6.07, 6.45) is 4.55. The minimum atomic E-state index is -0.0281. The van der Waals surface area contributed by atoms with E-state index >= 15 is 0 Å². The van der Waals surface area contributed by atoms with Gasteiger partial charge in [-0.25, -0.2) is 0 Å². The van der Waals surface area contributed by atoms with Crippen molar-refractivity contribution in [2.45, 2.75) is 38.8 Å². The summed E-state index contributed by atoms with van der Waals surface area (Å²) in [5, 5.41) is 0. The minimum Gasteiger partial charge on any atom is -0.497 e. The number of likely N-dealkylation sites (tertiary alicyclic amines) is 1. The van der Waals surface area contributed by atoms with Crippen LogP contribution in [0.15, 0.2) is 66.9 Å². The zero-order chi connectivity index (χ0) is 25.5. The molecule has 1 saturated heterocycles. The van der Waals surface area contributed by atoms with Gasteiger partial charge in [-0.3, -0.25) is 14.7 Å². The number of hydrogen-bond donors (Lipinski definition) is 0. The zero-order valence-electron chi connectivity index (χ0n) is 21.8. The van der Waals surface area contributed by atoms with Crippen LogP contribution in [-0.2, 0) is 13.0 Å². The van der Waals surface area contributed by atoms with Gasteiger partial charge in [-0.2, -0.15) is 0 Å². The second kappa shape index (κ2) is 12.0. The first-order valence-corrected chi connectivity index (χ1v) is 12.7. The Bertz CT molecular complexity index is 1140. The highest BCUT2D eigenvalue weighted by atomic mass is 16.5. The Morgan fingerprint density at radius 1 is 1.03 bits per heavy atom. The van der Waals surface area contributed by atoms with Gasteiger partial charge in [0.2, 0.25) is 0 Å². The van der Waals surface area contributed by atoms with E-state index in [0.29, 0.717) is 11.6 Å². The van der Waals surface area contributed by atoms with Crippen LogP contribution in [-0.4, -0.2) is 61.1 Å². The lowest BCUT2D eigenvalue weighted by atomic mass is 9.84. The predicted octanol–water partition coefficient (Wildman–Crippen LogP) is 5.00. The summed E-state index contributed by atoms with van der Waals surface area (Å²) in [6.45, 7) is 5.04. The van der Waals surface area contributed by atoms with Gasteiger partial charge in [0.25, 0.3) is 5.91 Å². The van der Waals surface area contributed by atoms with Crippen molar-refractivity contribution in [3.8, 4) is 11.5 Å². The zero-order valence-corrected chi connectivity index (χ0v) is 21.8. The van der Waals surface area contributed by atoms with Crippen molar-refractivity contribution in [3.63, 3.8) is 0 Å². The highest BCUT2D eigenvalue weighted by molar-refractivity contribution is 5.92. The lowest BCUT2D eigenvalue weighted by Crippen LogP contribution is -2.47.